The molecule has 1 aromatic carbocycles. The summed E-state index contributed by atoms with van der Waals surface area (Å²) >= 11 is 0. The van der Waals surface area contributed by atoms with Gasteiger partial charge in [0, 0.05) is 6.54 Å². The predicted molar refractivity (Wildman–Crippen MR) is 60.8 cm³/mol. The third-order valence-electron chi connectivity index (χ3n) is 2.41. The van der Waals surface area contributed by atoms with Crippen LogP contribution in [0.3, 0.4) is 0 Å². The van der Waals surface area contributed by atoms with Gasteiger partial charge in [0.05, 0.1) is 17.4 Å². The van der Waals surface area contributed by atoms with Gasteiger partial charge in [0.1, 0.15) is 5.82 Å². The van der Waals surface area contributed by atoms with E-state index in [9.17, 15) is 17.6 Å². The Balaban J connectivity index is 2.58. The van der Waals surface area contributed by atoms with Crippen LogP contribution in [0.25, 0.3) is 0 Å². The molecule has 0 saturated carbocycles. The second-order valence-corrected chi connectivity index (χ2v) is 4.11. The van der Waals surface area contributed by atoms with Crippen molar-refractivity contribution >= 4 is 5.69 Å². The number of aliphatic hydroxyl groups is 1. The van der Waals surface area contributed by atoms with Gasteiger partial charge in [0.2, 0.25) is 0 Å². The largest absolute Gasteiger partial charge is 0.416 e. The Morgan fingerprint density at radius 3 is 2.50 bits per heavy atom. The van der Waals surface area contributed by atoms with Gasteiger partial charge in [-0.3, -0.25) is 0 Å². The maximum atomic E-state index is 13.4. The van der Waals surface area contributed by atoms with Crippen molar-refractivity contribution < 1.29 is 22.7 Å². The smallest absolute Gasteiger partial charge is 0.393 e. The molecule has 6 heteroatoms. The van der Waals surface area contributed by atoms with E-state index in [1.165, 1.54) is 0 Å². The van der Waals surface area contributed by atoms with Gasteiger partial charge in [-0.1, -0.05) is 0 Å². The van der Waals surface area contributed by atoms with Crippen molar-refractivity contribution in [2.24, 2.45) is 0 Å². The Bertz CT molecular complexity index is 390. The molecule has 0 fully saturated rings. The molecule has 1 atom stereocenters. The zero-order valence-electron chi connectivity index (χ0n) is 9.89. The normalized spacial score (nSPS) is 13.4. The Morgan fingerprint density at radius 2 is 2.00 bits per heavy atom. The number of rotatable bonds is 5. The summed E-state index contributed by atoms with van der Waals surface area (Å²) in [4.78, 5) is 0. The number of benzene rings is 1. The minimum absolute atomic E-state index is 0.0357. The SMILES string of the molecule is CC(O)CCCNc1ccc(C(F)(F)F)cc1F. The van der Waals surface area contributed by atoms with Crippen LogP contribution in [-0.4, -0.2) is 17.8 Å². The molecule has 0 saturated heterocycles. The molecule has 0 aromatic heterocycles. The molecule has 0 amide bonds. The minimum atomic E-state index is -4.54. The van der Waals surface area contributed by atoms with E-state index >= 15 is 0 Å². The predicted octanol–water partition coefficient (Wildman–Crippen LogP) is 3.42. The summed E-state index contributed by atoms with van der Waals surface area (Å²) in [6.07, 6.45) is -3.82. The average Bonchev–Trinajstić information content (AvgIpc) is 2.24. The molecule has 2 N–H and O–H groups in total. The fraction of sp³-hybridized carbons (Fsp3) is 0.500. The highest BCUT2D eigenvalue weighted by Crippen LogP contribution is 2.31. The summed E-state index contributed by atoms with van der Waals surface area (Å²) in [7, 11) is 0. The third-order valence-corrected chi connectivity index (χ3v) is 2.41. The maximum absolute atomic E-state index is 13.4. The second-order valence-electron chi connectivity index (χ2n) is 4.11. The van der Waals surface area contributed by atoms with Crippen LogP contribution in [0, 0.1) is 5.82 Å². The van der Waals surface area contributed by atoms with Crippen LogP contribution in [0.4, 0.5) is 23.2 Å². The first-order valence-electron chi connectivity index (χ1n) is 5.59. The molecule has 0 aliphatic carbocycles. The van der Waals surface area contributed by atoms with Crippen LogP contribution in [0.2, 0.25) is 0 Å². The topological polar surface area (TPSA) is 32.3 Å². The summed E-state index contributed by atoms with van der Waals surface area (Å²) in [5.41, 5.74) is -0.969. The van der Waals surface area contributed by atoms with Crippen LogP contribution in [0.1, 0.15) is 25.3 Å². The molecular formula is C12H15F4NO. The quantitative estimate of drug-likeness (QED) is 0.631. The first-order valence-corrected chi connectivity index (χ1v) is 5.59. The first-order chi connectivity index (χ1) is 8.30. The Morgan fingerprint density at radius 1 is 1.33 bits per heavy atom. The molecule has 0 aliphatic heterocycles. The van der Waals surface area contributed by atoms with Crippen LogP contribution in [0.15, 0.2) is 18.2 Å². The van der Waals surface area contributed by atoms with Crippen molar-refractivity contribution in [2.75, 3.05) is 11.9 Å². The standard InChI is InChI=1S/C12H15F4NO/c1-8(18)3-2-6-17-11-5-4-9(7-10(11)13)12(14,15)16/h4-5,7-8,17-18H,2-3,6H2,1H3. The highest BCUT2D eigenvalue weighted by Gasteiger charge is 2.31. The Hall–Kier alpha value is -1.30. The van der Waals surface area contributed by atoms with Gasteiger partial charge < -0.3 is 10.4 Å². The molecule has 0 bridgehead atoms. The zero-order valence-corrected chi connectivity index (χ0v) is 9.89. The number of aliphatic hydroxyl groups excluding tert-OH is 1. The number of nitrogens with one attached hydrogen (secondary N) is 1. The number of hydrogen-bond acceptors (Lipinski definition) is 2. The van der Waals surface area contributed by atoms with Crippen molar-refractivity contribution in [3.8, 4) is 0 Å². The van der Waals surface area contributed by atoms with E-state index in [4.69, 9.17) is 5.11 Å². The first kappa shape index (κ1) is 14.8. The van der Waals surface area contributed by atoms with Gasteiger partial charge >= 0.3 is 6.18 Å². The molecule has 1 aromatic rings. The Kier molecular flexibility index (Phi) is 4.95. The zero-order chi connectivity index (χ0) is 13.8. The van der Waals surface area contributed by atoms with Gasteiger partial charge in [-0.2, -0.15) is 13.2 Å². The Labute approximate surface area is 103 Å². The molecule has 18 heavy (non-hydrogen) atoms. The summed E-state index contributed by atoms with van der Waals surface area (Å²) in [6.45, 7) is 2.03. The van der Waals surface area contributed by atoms with E-state index in [0.717, 1.165) is 12.1 Å². The number of hydrogen-bond donors (Lipinski definition) is 2. The van der Waals surface area contributed by atoms with E-state index in [1.807, 2.05) is 0 Å². The highest BCUT2D eigenvalue weighted by atomic mass is 19.4. The van der Waals surface area contributed by atoms with Crippen molar-refractivity contribution in [1.29, 1.82) is 0 Å². The van der Waals surface area contributed by atoms with Gasteiger partial charge in [-0.25, -0.2) is 4.39 Å². The number of halogens is 4. The number of anilines is 1. The highest BCUT2D eigenvalue weighted by molar-refractivity contribution is 5.46. The molecule has 0 heterocycles. The lowest BCUT2D eigenvalue weighted by Crippen LogP contribution is -2.09. The fourth-order valence-corrected chi connectivity index (χ4v) is 1.46. The lowest BCUT2D eigenvalue weighted by molar-refractivity contribution is -0.137. The molecule has 0 radical (unpaired) electrons. The van der Waals surface area contributed by atoms with Crippen LogP contribution in [-0.2, 0) is 6.18 Å². The lowest BCUT2D eigenvalue weighted by atomic mass is 10.2. The molecule has 102 valence electrons. The molecule has 2 nitrogen and oxygen atoms in total. The van der Waals surface area contributed by atoms with Gasteiger partial charge in [0.25, 0.3) is 0 Å². The number of alkyl halides is 3. The molecular weight excluding hydrogens is 250 g/mol. The molecule has 1 unspecified atom stereocenters. The van der Waals surface area contributed by atoms with E-state index in [-0.39, 0.29) is 5.69 Å². The average molecular weight is 265 g/mol. The summed E-state index contributed by atoms with van der Waals surface area (Å²) < 4.78 is 50.2. The van der Waals surface area contributed by atoms with Crippen LogP contribution in [0.5, 0.6) is 0 Å². The lowest BCUT2D eigenvalue weighted by Gasteiger charge is -2.11. The van der Waals surface area contributed by atoms with Gasteiger partial charge in [0.15, 0.2) is 0 Å². The van der Waals surface area contributed by atoms with Crippen LogP contribution < -0.4 is 5.32 Å². The van der Waals surface area contributed by atoms with E-state index in [0.29, 0.717) is 25.5 Å². The van der Waals surface area contributed by atoms with Gasteiger partial charge in [-0.15, -0.1) is 0 Å². The molecule has 0 aliphatic rings. The summed E-state index contributed by atoms with van der Waals surface area (Å²) in [6, 6.07) is 2.37. The van der Waals surface area contributed by atoms with E-state index in [2.05, 4.69) is 5.32 Å². The van der Waals surface area contributed by atoms with Crippen molar-refractivity contribution in [1.82, 2.24) is 0 Å². The van der Waals surface area contributed by atoms with Crippen molar-refractivity contribution in [3.63, 3.8) is 0 Å². The molecule has 0 spiro atoms. The fourth-order valence-electron chi connectivity index (χ4n) is 1.46. The second kappa shape index (κ2) is 6.04. The van der Waals surface area contributed by atoms with Crippen molar-refractivity contribution in [2.45, 2.75) is 32.0 Å². The van der Waals surface area contributed by atoms with Gasteiger partial charge in [-0.05, 0) is 38.0 Å². The third kappa shape index (κ3) is 4.52. The van der Waals surface area contributed by atoms with Crippen molar-refractivity contribution in [3.05, 3.63) is 29.6 Å². The van der Waals surface area contributed by atoms with E-state index in [1.54, 1.807) is 6.92 Å². The summed E-state index contributed by atoms with van der Waals surface area (Å²) in [5.74, 6) is -0.929. The molecule has 1 rings (SSSR count). The van der Waals surface area contributed by atoms with Crippen LogP contribution >= 0.6 is 0 Å². The maximum Gasteiger partial charge on any atom is 0.416 e. The summed E-state index contributed by atoms with van der Waals surface area (Å²) in [5, 5.41) is 11.7. The monoisotopic (exact) mass is 265 g/mol. The van der Waals surface area contributed by atoms with E-state index < -0.39 is 23.7 Å². The minimum Gasteiger partial charge on any atom is -0.393 e.